The number of para-hydroxylation sites is 1. The summed E-state index contributed by atoms with van der Waals surface area (Å²) in [5, 5.41) is 0. The third-order valence-corrected chi connectivity index (χ3v) is 5.24. The van der Waals surface area contributed by atoms with Crippen molar-refractivity contribution in [1.82, 2.24) is 10.9 Å². The fourth-order valence-corrected chi connectivity index (χ4v) is 3.72. The molecule has 0 saturated carbocycles. The third-order valence-electron chi connectivity index (χ3n) is 3.61. The molecule has 1 heterocycles. The number of amides is 1. The van der Waals surface area contributed by atoms with E-state index in [2.05, 4.69) is 10.9 Å². The second-order valence-electron chi connectivity index (χ2n) is 5.43. The minimum Gasteiger partial charge on any atom is -0.481 e. The van der Waals surface area contributed by atoms with Crippen molar-refractivity contribution in [2.45, 2.75) is 4.90 Å². The number of hydrazine groups is 1. The standard InChI is InChI=1S/C17H14F2N2O4S/c18-11-5-6-16-12(9-11)14(7-8-26(16,23)24)20-21-17(22)10-25-15-4-2-1-3-13(15)19/h1-7,9,20H,8,10H2,(H,21,22). The van der Waals surface area contributed by atoms with Crippen molar-refractivity contribution in [3.05, 3.63) is 65.7 Å². The van der Waals surface area contributed by atoms with Gasteiger partial charge >= 0.3 is 0 Å². The van der Waals surface area contributed by atoms with E-state index in [0.29, 0.717) is 0 Å². The van der Waals surface area contributed by atoms with Gasteiger partial charge in [-0.2, -0.15) is 0 Å². The van der Waals surface area contributed by atoms with E-state index in [-0.39, 0.29) is 27.7 Å². The maximum atomic E-state index is 13.5. The summed E-state index contributed by atoms with van der Waals surface area (Å²) in [5.41, 5.74) is 5.22. The van der Waals surface area contributed by atoms with Crippen LogP contribution in [0.4, 0.5) is 8.78 Å². The fourth-order valence-electron chi connectivity index (χ4n) is 2.37. The first-order valence-electron chi connectivity index (χ1n) is 7.52. The lowest BCUT2D eigenvalue weighted by atomic mass is 10.1. The first kappa shape index (κ1) is 17.9. The molecular weight excluding hydrogens is 366 g/mol. The van der Waals surface area contributed by atoms with Crippen molar-refractivity contribution in [3.63, 3.8) is 0 Å². The number of fused-ring (bicyclic) bond motifs is 1. The summed E-state index contributed by atoms with van der Waals surface area (Å²) in [5.74, 6) is -2.19. The van der Waals surface area contributed by atoms with Gasteiger partial charge in [-0.15, -0.1) is 0 Å². The number of rotatable bonds is 5. The summed E-state index contributed by atoms with van der Waals surface area (Å²) < 4.78 is 56.0. The Kier molecular flexibility index (Phi) is 4.90. The first-order chi connectivity index (χ1) is 12.4. The average Bonchev–Trinajstić information content (AvgIpc) is 2.60. The molecule has 1 aliphatic rings. The number of hydrogen-bond donors (Lipinski definition) is 2. The highest BCUT2D eigenvalue weighted by Gasteiger charge is 2.25. The minimum absolute atomic E-state index is 0.0271. The zero-order chi connectivity index (χ0) is 18.7. The summed E-state index contributed by atoms with van der Waals surface area (Å²) in [6.07, 6.45) is 1.33. The lowest BCUT2D eigenvalue weighted by Gasteiger charge is -2.20. The van der Waals surface area contributed by atoms with Gasteiger partial charge in [-0.3, -0.25) is 15.6 Å². The quantitative estimate of drug-likeness (QED) is 0.610. The molecule has 0 atom stereocenters. The molecule has 26 heavy (non-hydrogen) atoms. The van der Waals surface area contributed by atoms with Gasteiger partial charge in [-0.25, -0.2) is 17.2 Å². The molecule has 0 aromatic heterocycles. The topological polar surface area (TPSA) is 84.5 Å². The number of ether oxygens (including phenoxy) is 1. The molecule has 0 spiro atoms. The molecular formula is C17H14F2N2O4S. The van der Waals surface area contributed by atoms with Crippen LogP contribution in [0.2, 0.25) is 0 Å². The molecule has 136 valence electrons. The summed E-state index contributed by atoms with van der Waals surface area (Å²) >= 11 is 0. The second-order valence-corrected chi connectivity index (χ2v) is 7.43. The number of nitrogens with one attached hydrogen (secondary N) is 2. The van der Waals surface area contributed by atoms with Gasteiger partial charge < -0.3 is 4.74 Å². The van der Waals surface area contributed by atoms with Gasteiger partial charge in [0.2, 0.25) is 0 Å². The van der Waals surface area contributed by atoms with Crippen LogP contribution in [0.15, 0.2) is 53.4 Å². The molecule has 0 unspecified atom stereocenters. The van der Waals surface area contributed by atoms with Gasteiger partial charge in [0.05, 0.1) is 16.3 Å². The van der Waals surface area contributed by atoms with Gasteiger partial charge in [0.15, 0.2) is 28.0 Å². The Bertz CT molecular complexity index is 990. The van der Waals surface area contributed by atoms with E-state index in [1.54, 1.807) is 6.07 Å². The molecule has 9 heteroatoms. The maximum Gasteiger partial charge on any atom is 0.276 e. The van der Waals surface area contributed by atoms with Crippen LogP contribution in [-0.2, 0) is 14.6 Å². The van der Waals surface area contributed by atoms with Crippen molar-refractivity contribution < 1.29 is 26.7 Å². The Hall–Kier alpha value is -2.94. The van der Waals surface area contributed by atoms with Crippen molar-refractivity contribution >= 4 is 21.4 Å². The van der Waals surface area contributed by atoms with Gasteiger partial charge in [0, 0.05) is 5.56 Å². The molecule has 0 bridgehead atoms. The van der Waals surface area contributed by atoms with Crippen molar-refractivity contribution in [2.75, 3.05) is 12.4 Å². The highest BCUT2D eigenvalue weighted by atomic mass is 32.2. The molecule has 1 aliphatic heterocycles. The molecule has 3 rings (SSSR count). The van der Waals surface area contributed by atoms with Crippen LogP contribution in [0.25, 0.3) is 5.70 Å². The minimum atomic E-state index is -3.54. The molecule has 2 aromatic rings. The van der Waals surface area contributed by atoms with Crippen molar-refractivity contribution in [3.8, 4) is 5.75 Å². The van der Waals surface area contributed by atoms with Crippen molar-refractivity contribution in [1.29, 1.82) is 0 Å². The normalized spacial score (nSPS) is 14.8. The van der Waals surface area contributed by atoms with Crippen LogP contribution >= 0.6 is 0 Å². The predicted molar refractivity (Wildman–Crippen MR) is 89.6 cm³/mol. The van der Waals surface area contributed by atoms with Gasteiger partial charge in [-0.05, 0) is 36.4 Å². The predicted octanol–water partition coefficient (Wildman–Crippen LogP) is 1.79. The fraction of sp³-hybridized carbons (Fsp3) is 0.118. The largest absolute Gasteiger partial charge is 0.481 e. The molecule has 2 aromatic carbocycles. The molecule has 2 N–H and O–H groups in total. The van der Waals surface area contributed by atoms with Crippen molar-refractivity contribution in [2.24, 2.45) is 0 Å². The van der Waals surface area contributed by atoms with Gasteiger partial charge in [0.1, 0.15) is 5.82 Å². The van der Waals surface area contributed by atoms with Crippen LogP contribution in [0.3, 0.4) is 0 Å². The van der Waals surface area contributed by atoms with Gasteiger partial charge in [-0.1, -0.05) is 12.1 Å². The van der Waals surface area contributed by atoms with Crippen LogP contribution in [0.1, 0.15) is 5.56 Å². The van der Waals surface area contributed by atoms with Crippen LogP contribution in [0.5, 0.6) is 5.75 Å². The molecule has 6 nitrogen and oxygen atoms in total. The van der Waals surface area contributed by atoms with E-state index in [4.69, 9.17) is 4.74 Å². The monoisotopic (exact) mass is 380 g/mol. The Morgan fingerprint density at radius 3 is 2.69 bits per heavy atom. The summed E-state index contributed by atoms with van der Waals surface area (Å²) in [6, 6.07) is 8.93. The van der Waals surface area contributed by atoms with Crippen LogP contribution in [-0.4, -0.2) is 26.7 Å². The Labute approximate surface area is 148 Å². The molecule has 0 saturated heterocycles. The number of hydrogen-bond acceptors (Lipinski definition) is 5. The summed E-state index contributed by atoms with van der Waals surface area (Å²) in [6.45, 7) is -0.463. The van der Waals surface area contributed by atoms with E-state index in [9.17, 15) is 22.0 Å². The SMILES string of the molecule is O=C(COc1ccccc1F)NNC1=CCS(=O)(=O)c2ccc(F)cc21. The molecule has 0 aliphatic carbocycles. The number of carbonyl (C=O) groups excluding carboxylic acids is 1. The number of halogens is 2. The number of carbonyl (C=O) groups is 1. The second kappa shape index (κ2) is 7.12. The average molecular weight is 380 g/mol. The zero-order valence-corrected chi connectivity index (χ0v) is 14.1. The van der Waals surface area contributed by atoms with E-state index >= 15 is 0 Å². The van der Waals surface area contributed by atoms with Crippen LogP contribution < -0.4 is 15.6 Å². The van der Waals surface area contributed by atoms with Gasteiger partial charge in [0.25, 0.3) is 5.91 Å². The van der Waals surface area contributed by atoms with E-state index in [1.807, 2.05) is 0 Å². The highest BCUT2D eigenvalue weighted by Crippen LogP contribution is 2.28. The smallest absolute Gasteiger partial charge is 0.276 e. The molecule has 0 fully saturated rings. The Morgan fingerprint density at radius 1 is 1.15 bits per heavy atom. The van der Waals surface area contributed by atoms with E-state index in [0.717, 1.165) is 12.1 Å². The zero-order valence-electron chi connectivity index (χ0n) is 13.3. The maximum absolute atomic E-state index is 13.5. The first-order valence-corrected chi connectivity index (χ1v) is 9.17. The summed E-state index contributed by atoms with van der Waals surface area (Å²) in [7, 11) is -3.54. The highest BCUT2D eigenvalue weighted by molar-refractivity contribution is 7.91. The van der Waals surface area contributed by atoms with E-state index < -0.39 is 34.0 Å². The lowest BCUT2D eigenvalue weighted by molar-refractivity contribution is -0.123. The third kappa shape index (κ3) is 3.83. The number of benzene rings is 2. The van der Waals surface area contributed by atoms with E-state index in [1.165, 1.54) is 30.3 Å². The molecule has 0 radical (unpaired) electrons. The molecule has 1 amide bonds. The Balaban J connectivity index is 1.65. The van der Waals surface area contributed by atoms with Crippen LogP contribution in [0, 0.1) is 11.6 Å². The number of sulfone groups is 1. The lowest BCUT2D eigenvalue weighted by Crippen LogP contribution is -2.40. The summed E-state index contributed by atoms with van der Waals surface area (Å²) in [4.78, 5) is 11.8. The Morgan fingerprint density at radius 2 is 1.92 bits per heavy atom.